The Morgan fingerprint density at radius 1 is 1.33 bits per heavy atom. The van der Waals surface area contributed by atoms with Crippen molar-refractivity contribution in [2.75, 3.05) is 6.54 Å². The van der Waals surface area contributed by atoms with Crippen molar-refractivity contribution < 1.29 is 0 Å². The number of hydrazine groups is 1. The Hall–Kier alpha value is 0.210. The van der Waals surface area contributed by atoms with Crippen LogP contribution in [0.4, 0.5) is 0 Å². The molecule has 0 aliphatic rings. The van der Waals surface area contributed by atoms with Gasteiger partial charge in [-0.05, 0) is 5.92 Å². The Kier molecular flexibility index (Phi) is 10.9. The standard InChI is InChI=1S/C6H16N2.ClH/c1-3-6(4-2)5-8-7;/h6,8H,3-5,7H2,1-2H3;1H. The fraction of sp³-hybridized carbons (Fsp3) is 1.00. The predicted octanol–water partition coefficient (Wildman–Crippen LogP) is 1.31. The molecular formula is C6H17ClN2. The summed E-state index contributed by atoms with van der Waals surface area (Å²) in [5, 5.41) is 0. The van der Waals surface area contributed by atoms with Crippen molar-refractivity contribution in [2.45, 2.75) is 26.7 Å². The van der Waals surface area contributed by atoms with E-state index in [9.17, 15) is 0 Å². The highest BCUT2D eigenvalue weighted by atomic mass is 35.5. The molecule has 0 bridgehead atoms. The van der Waals surface area contributed by atoms with Crippen molar-refractivity contribution in [1.29, 1.82) is 0 Å². The third-order valence-corrected chi connectivity index (χ3v) is 1.56. The molecule has 0 aliphatic carbocycles. The average Bonchev–Trinajstić information content (AvgIpc) is 1.83. The zero-order valence-corrected chi connectivity index (χ0v) is 7.00. The molecule has 0 spiro atoms. The van der Waals surface area contributed by atoms with Crippen LogP contribution in [0.1, 0.15) is 26.7 Å². The van der Waals surface area contributed by atoms with E-state index < -0.39 is 0 Å². The van der Waals surface area contributed by atoms with Crippen molar-refractivity contribution in [2.24, 2.45) is 11.8 Å². The van der Waals surface area contributed by atoms with E-state index in [-0.39, 0.29) is 12.4 Å². The Labute approximate surface area is 63.6 Å². The van der Waals surface area contributed by atoms with Crippen LogP contribution in [0.15, 0.2) is 0 Å². The number of nitrogens with two attached hydrogens (primary N) is 1. The molecule has 0 unspecified atom stereocenters. The van der Waals surface area contributed by atoms with Gasteiger partial charge in [0.1, 0.15) is 0 Å². The van der Waals surface area contributed by atoms with E-state index >= 15 is 0 Å². The number of hydrogen-bond acceptors (Lipinski definition) is 2. The first-order chi connectivity index (χ1) is 3.85. The smallest absolute Gasteiger partial charge is 0.0126 e. The summed E-state index contributed by atoms with van der Waals surface area (Å²) in [6.07, 6.45) is 2.45. The quantitative estimate of drug-likeness (QED) is 0.471. The second-order valence-corrected chi connectivity index (χ2v) is 2.09. The van der Waals surface area contributed by atoms with Gasteiger partial charge in [-0.3, -0.25) is 11.3 Å². The molecule has 0 aromatic carbocycles. The topological polar surface area (TPSA) is 38.0 Å². The van der Waals surface area contributed by atoms with E-state index in [4.69, 9.17) is 5.84 Å². The van der Waals surface area contributed by atoms with Gasteiger partial charge in [-0.1, -0.05) is 26.7 Å². The summed E-state index contributed by atoms with van der Waals surface area (Å²) in [5.74, 6) is 5.89. The summed E-state index contributed by atoms with van der Waals surface area (Å²) in [6, 6.07) is 0. The largest absolute Gasteiger partial charge is 0.271 e. The molecule has 0 fully saturated rings. The monoisotopic (exact) mass is 152 g/mol. The van der Waals surface area contributed by atoms with Gasteiger partial charge in [0.15, 0.2) is 0 Å². The van der Waals surface area contributed by atoms with Gasteiger partial charge < -0.3 is 0 Å². The summed E-state index contributed by atoms with van der Waals surface area (Å²) >= 11 is 0. The van der Waals surface area contributed by atoms with E-state index in [1.807, 2.05) is 0 Å². The van der Waals surface area contributed by atoms with Gasteiger partial charge in [0.2, 0.25) is 0 Å². The normalized spacial score (nSPS) is 9.33. The molecule has 2 nitrogen and oxygen atoms in total. The number of hydrogen-bond donors (Lipinski definition) is 2. The molecule has 0 heterocycles. The van der Waals surface area contributed by atoms with Gasteiger partial charge in [0.05, 0.1) is 0 Å². The third-order valence-electron chi connectivity index (χ3n) is 1.56. The molecule has 0 rings (SSSR count). The van der Waals surface area contributed by atoms with Crippen LogP contribution in [0.5, 0.6) is 0 Å². The summed E-state index contributed by atoms with van der Waals surface area (Å²) in [5.41, 5.74) is 2.67. The number of halogens is 1. The Balaban J connectivity index is 0. The zero-order chi connectivity index (χ0) is 6.41. The molecule has 3 N–H and O–H groups in total. The first kappa shape index (κ1) is 11.9. The van der Waals surface area contributed by atoms with Crippen LogP contribution in [0.25, 0.3) is 0 Å². The second kappa shape index (κ2) is 8.21. The Morgan fingerprint density at radius 2 is 1.78 bits per heavy atom. The van der Waals surface area contributed by atoms with Gasteiger partial charge in [-0.2, -0.15) is 0 Å². The van der Waals surface area contributed by atoms with Crippen LogP contribution < -0.4 is 11.3 Å². The fourth-order valence-electron chi connectivity index (χ4n) is 0.744. The third kappa shape index (κ3) is 6.09. The van der Waals surface area contributed by atoms with Gasteiger partial charge >= 0.3 is 0 Å². The van der Waals surface area contributed by atoms with Crippen molar-refractivity contribution in [3.63, 3.8) is 0 Å². The van der Waals surface area contributed by atoms with E-state index in [1.54, 1.807) is 0 Å². The maximum Gasteiger partial charge on any atom is 0.0126 e. The van der Waals surface area contributed by atoms with Crippen LogP contribution in [0.2, 0.25) is 0 Å². The lowest BCUT2D eigenvalue weighted by molar-refractivity contribution is 0.456. The van der Waals surface area contributed by atoms with Gasteiger partial charge in [0.25, 0.3) is 0 Å². The van der Waals surface area contributed by atoms with Crippen molar-refractivity contribution in [3.8, 4) is 0 Å². The SMILES string of the molecule is CCC(CC)CNN.Cl. The van der Waals surface area contributed by atoms with Crippen LogP contribution in [0, 0.1) is 5.92 Å². The minimum Gasteiger partial charge on any atom is -0.271 e. The first-order valence-corrected chi connectivity index (χ1v) is 3.28. The second-order valence-electron chi connectivity index (χ2n) is 2.09. The molecule has 0 saturated carbocycles. The molecule has 0 saturated heterocycles. The molecule has 0 amide bonds. The fourth-order valence-corrected chi connectivity index (χ4v) is 0.744. The molecule has 3 heteroatoms. The van der Waals surface area contributed by atoms with Crippen molar-refractivity contribution >= 4 is 12.4 Å². The van der Waals surface area contributed by atoms with Crippen molar-refractivity contribution in [3.05, 3.63) is 0 Å². The summed E-state index contributed by atoms with van der Waals surface area (Å²) in [6.45, 7) is 5.32. The minimum atomic E-state index is 0. The molecule has 0 aromatic heterocycles. The van der Waals surface area contributed by atoms with E-state index in [2.05, 4.69) is 19.3 Å². The maximum atomic E-state index is 5.13. The first-order valence-electron chi connectivity index (χ1n) is 3.28. The molecule has 0 aliphatic heterocycles. The zero-order valence-electron chi connectivity index (χ0n) is 6.18. The van der Waals surface area contributed by atoms with Crippen LogP contribution in [0.3, 0.4) is 0 Å². The van der Waals surface area contributed by atoms with Gasteiger partial charge in [-0.15, -0.1) is 12.4 Å². The lowest BCUT2D eigenvalue weighted by atomic mass is 10.0. The summed E-state index contributed by atoms with van der Waals surface area (Å²) < 4.78 is 0. The van der Waals surface area contributed by atoms with Crippen molar-refractivity contribution in [1.82, 2.24) is 5.43 Å². The highest BCUT2D eigenvalue weighted by Crippen LogP contribution is 2.03. The lowest BCUT2D eigenvalue weighted by Gasteiger charge is -2.09. The highest BCUT2D eigenvalue weighted by Gasteiger charge is 1.98. The summed E-state index contributed by atoms with van der Waals surface area (Å²) in [4.78, 5) is 0. The van der Waals surface area contributed by atoms with Gasteiger partial charge in [-0.25, -0.2) is 0 Å². The van der Waals surface area contributed by atoms with Crippen LogP contribution in [-0.2, 0) is 0 Å². The maximum absolute atomic E-state index is 5.13. The van der Waals surface area contributed by atoms with Crippen LogP contribution in [-0.4, -0.2) is 6.54 Å². The van der Waals surface area contributed by atoms with E-state index in [0.29, 0.717) is 0 Å². The lowest BCUT2D eigenvalue weighted by Crippen LogP contribution is -2.28. The highest BCUT2D eigenvalue weighted by molar-refractivity contribution is 5.85. The number of rotatable bonds is 4. The molecule has 0 aromatic rings. The van der Waals surface area contributed by atoms with Crippen LogP contribution >= 0.6 is 12.4 Å². The van der Waals surface area contributed by atoms with Gasteiger partial charge in [0, 0.05) is 6.54 Å². The number of nitrogens with one attached hydrogen (secondary N) is 1. The predicted molar refractivity (Wildman–Crippen MR) is 43.5 cm³/mol. The molecule has 0 radical (unpaired) electrons. The Bertz CT molecular complexity index is 46.3. The van der Waals surface area contributed by atoms with E-state index in [0.717, 1.165) is 12.5 Å². The molecule has 58 valence electrons. The minimum absolute atomic E-state index is 0. The molecule has 0 atom stereocenters. The average molecular weight is 153 g/mol. The molecule has 9 heavy (non-hydrogen) atoms. The van der Waals surface area contributed by atoms with E-state index in [1.165, 1.54) is 12.8 Å². The molecular weight excluding hydrogens is 136 g/mol. The summed E-state index contributed by atoms with van der Waals surface area (Å²) in [7, 11) is 0. The Morgan fingerprint density at radius 3 is 1.89 bits per heavy atom.